The van der Waals surface area contributed by atoms with Crippen LogP contribution in [0.5, 0.6) is 0 Å². The fourth-order valence-electron chi connectivity index (χ4n) is 5.75. The van der Waals surface area contributed by atoms with E-state index in [1.807, 2.05) is 51.1 Å². The van der Waals surface area contributed by atoms with E-state index in [2.05, 4.69) is 27.9 Å². The lowest BCUT2D eigenvalue weighted by Gasteiger charge is -2.39. The molecule has 3 atom stereocenters. The number of anilines is 2. The number of carbonyl (C=O) groups is 3. The molecule has 190 valence electrons. The van der Waals surface area contributed by atoms with E-state index in [-0.39, 0.29) is 30.3 Å². The molecule has 0 radical (unpaired) electrons. The number of carbonyl (C=O) groups excluding carboxylic acids is 3. The molecule has 8 nitrogen and oxygen atoms in total. The van der Waals surface area contributed by atoms with Crippen LogP contribution < -0.4 is 16.0 Å². The Morgan fingerprint density at radius 1 is 1.17 bits per heavy atom. The van der Waals surface area contributed by atoms with E-state index >= 15 is 0 Å². The van der Waals surface area contributed by atoms with Crippen molar-refractivity contribution in [1.29, 1.82) is 0 Å². The highest BCUT2D eigenvalue weighted by Crippen LogP contribution is 2.46. The molecule has 3 heterocycles. The highest BCUT2D eigenvalue weighted by atomic mass is 16.2. The first-order chi connectivity index (χ1) is 17.1. The Bertz CT molecular complexity index is 1210. The van der Waals surface area contributed by atoms with Crippen LogP contribution in [0, 0.1) is 5.41 Å². The third-order valence-electron chi connectivity index (χ3n) is 7.76. The predicted octanol–water partition coefficient (Wildman–Crippen LogP) is 3.02. The lowest BCUT2D eigenvalue weighted by Crippen LogP contribution is -2.55. The van der Waals surface area contributed by atoms with Crippen LogP contribution in [0.25, 0.3) is 0 Å². The lowest BCUT2D eigenvalue weighted by molar-refractivity contribution is -0.144. The van der Waals surface area contributed by atoms with Crippen molar-refractivity contribution in [3.8, 4) is 0 Å². The molecule has 8 heteroatoms. The van der Waals surface area contributed by atoms with Gasteiger partial charge in [0.05, 0.1) is 5.41 Å². The Morgan fingerprint density at radius 3 is 2.67 bits per heavy atom. The summed E-state index contributed by atoms with van der Waals surface area (Å²) >= 11 is 0. The summed E-state index contributed by atoms with van der Waals surface area (Å²) in [7, 11) is 0. The molecule has 3 N–H and O–H groups in total. The van der Waals surface area contributed by atoms with Gasteiger partial charge >= 0.3 is 0 Å². The Morgan fingerprint density at radius 2 is 1.94 bits per heavy atom. The van der Waals surface area contributed by atoms with Crippen molar-refractivity contribution >= 4 is 29.2 Å². The zero-order chi connectivity index (χ0) is 25.7. The molecule has 3 aliphatic rings. The number of piperidine rings is 1. The molecule has 36 heavy (non-hydrogen) atoms. The minimum Gasteiger partial charge on any atom is -0.329 e. The van der Waals surface area contributed by atoms with Gasteiger partial charge in [-0.25, -0.2) is 4.98 Å². The van der Waals surface area contributed by atoms with Gasteiger partial charge in [0.25, 0.3) is 0 Å². The van der Waals surface area contributed by atoms with Crippen molar-refractivity contribution in [2.24, 2.45) is 5.41 Å². The van der Waals surface area contributed by atoms with Crippen molar-refractivity contribution in [3.05, 3.63) is 53.2 Å². The quantitative estimate of drug-likeness (QED) is 0.613. The summed E-state index contributed by atoms with van der Waals surface area (Å²) in [6.07, 6.45) is 4.71. The SMILES string of the molecule is CC1CCC(N(CC(=O)Nc2ccc3c(c2)C[C@@]2(C3)C(=O)Nc3ncccc32)C(=O)C(C)(C)C)CN1. The number of nitrogens with zero attached hydrogens (tertiary/aromatic N) is 2. The molecule has 2 aromatic rings. The van der Waals surface area contributed by atoms with Gasteiger partial charge in [0.1, 0.15) is 12.4 Å². The third kappa shape index (κ3) is 4.39. The number of amides is 3. The van der Waals surface area contributed by atoms with Gasteiger partial charge in [-0.3, -0.25) is 14.4 Å². The van der Waals surface area contributed by atoms with Crippen LogP contribution >= 0.6 is 0 Å². The molecule has 0 bridgehead atoms. The summed E-state index contributed by atoms with van der Waals surface area (Å²) in [5, 5.41) is 9.37. The van der Waals surface area contributed by atoms with Crippen LogP contribution in [-0.2, 0) is 32.6 Å². The molecule has 2 unspecified atom stereocenters. The van der Waals surface area contributed by atoms with Crippen molar-refractivity contribution in [3.63, 3.8) is 0 Å². The van der Waals surface area contributed by atoms with E-state index in [0.717, 1.165) is 29.5 Å². The zero-order valence-electron chi connectivity index (χ0n) is 21.5. The zero-order valence-corrected chi connectivity index (χ0v) is 21.5. The van der Waals surface area contributed by atoms with Crippen molar-refractivity contribution in [2.75, 3.05) is 23.7 Å². The molecule has 1 fully saturated rings. The van der Waals surface area contributed by atoms with Gasteiger partial charge in [-0.2, -0.15) is 0 Å². The summed E-state index contributed by atoms with van der Waals surface area (Å²) in [4.78, 5) is 45.4. The van der Waals surface area contributed by atoms with Crippen molar-refractivity contribution < 1.29 is 14.4 Å². The summed E-state index contributed by atoms with van der Waals surface area (Å²) in [5.74, 6) is 0.380. The summed E-state index contributed by atoms with van der Waals surface area (Å²) in [6, 6.07) is 10.1. The molecule has 1 aromatic carbocycles. The summed E-state index contributed by atoms with van der Waals surface area (Å²) < 4.78 is 0. The van der Waals surface area contributed by atoms with E-state index in [1.54, 1.807) is 11.1 Å². The van der Waals surface area contributed by atoms with Gasteiger partial charge in [0.2, 0.25) is 17.7 Å². The number of rotatable bonds is 4. The van der Waals surface area contributed by atoms with Gasteiger partial charge in [0, 0.05) is 41.5 Å². The Hall–Kier alpha value is -3.26. The molecule has 3 amide bonds. The summed E-state index contributed by atoms with van der Waals surface area (Å²) in [6.45, 7) is 8.52. The van der Waals surface area contributed by atoms with Crippen LogP contribution in [0.4, 0.5) is 11.5 Å². The van der Waals surface area contributed by atoms with Gasteiger partial charge < -0.3 is 20.9 Å². The lowest BCUT2D eigenvalue weighted by atomic mass is 9.79. The Balaban J connectivity index is 1.31. The smallest absolute Gasteiger partial charge is 0.244 e. The molecule has 1 spiro atoms. The van der Waals surface area contributed by atoms with Crippen LogP contribution in [0.3, 0.4) is 0 Å². The monoisotopic (exact) mass is 489 g/mol. The maximum atomic E-state index is 13.2. The highest BCUT2D eigenvalue weighted by molar-refractivity contribution is 6.06. The van der Waals surface area contributed by atoms with E-state index in [4.69, 9.17) is 0 Å². The maximum absolute atomic E-state index is 13.2. The number of benzene rings is 1. The first-order valence-corrected chi connectivity index (χ1v) is 12.8. The third-order valence-corrected chi connectivity index (χ3v) is 7.76. The number of aromatic nitrogens is 1. The molecule has 0 saturated carbocycles. The minimum absolute atomic E-state index is 0.00638. The average Bonchev–Trinajstić information content (AvgIpc) is 3.34. The Labute approximate surface area is 212 Å². The fraction of sp³-hybridized carbons (Fsp3) is 0.500. The van der Waals surface area contributed by atoms with Crippen molar-refractivity contribution in [2.45, 2.75) is 70.9 Å². The first-order valence-electron chi connectivity index (χ1n) is 12.8. The predicted molar refractivity (Wildman–Crippen MR) is 139 cm³/mol. The van der Waals surface area contributed by atoms with Gasteiger partial charge in [-0.15, -0.1) is 0 Å². The molecule has 2 aliphatic heterocycles. The largest absolute Gasteiger partial charge is 0.329 e. The van der Waals surface area contributed by atoms with Crippen LogP contribution in [0.2, 0.25) is 0 Å². The van der Waals surface area contributed by atoms with Crippen LogP contribution in [0.15, 0.2) is 36.5 Å². The molecule has 1 saturated heterocycles. The second kappa shape index (κ2) is 9.00. The highest BCUT2D eigenvalue weighted by Gasteiger charge is 2.51. The van der Waals surface area contributed by atoms with Crippen molar-refractivity contribution in [1.82, 2.24) is 15.2 Å². The van der Waals surface area contributed by atoms with E-state index in [0.29, 0.717) is 36.9 Å². The number of pyridine rings is 1. The molecular weight excluding hydrogens is 454 g/mol. The topological polar surface area (TPSA) is 103 Å². The molecule has 5 rings (SSSR count). The minimum atomic E-state index is -0.643. The van der Waals surface area contributed by atoms with Crippen LogP contribution in [-0.4, -0.2) is 52.8 Å². The Kier molecular flexibility index (Phi) is 6.11. The molecule has 1 aromatic heterocycles. The van der Waals surface area contributed by atoms with E-state index < -0.39 is 10.8 Å². The fourth-order valence-corrected chi connectivity index (χ4v) is 5.75. The van der Waals surface area contributed by atoms with E-state index in [9.17, 15) is 14.4 Å². The number of fused-ring (bicyclic) bond motifs is 3. The number of nitrogens with one attached hydrogen (secondary N) is 3. The standard InChI is InChI=1S/C28H35N5O3/c1-17-7-10-21(15-30-17)33(26(36)27(2,3)4)16-23(34)31-20-9-8-18-13-28(14-19(18)12-20)22-6-5-11-29-24(22)32-25(28)35/h5-6,8-9,11-12,17,21,30H,7,10,13-16H2,1-4H3,(H,31,34)(H,29,32,35)/t17?,21?,28-/m1/s1. The van der Waals surface area contributed by atoms with Gasteiger partial charge in [-0.1, -0.05) is 32.9 Å². The molecule has 1 aliphatic carbocycles. The van der Waals surface area contributed by atoms with Gasteiger partial charge in [0.15, 0.2) is 0 Å². The number of hydrogen-bond donors (Lipinski definition) is 3. The number of hydrogen-bond acceptors (Lipinski definition) is 5. The van der Waals surface area contributed by atoms with Gasteiger partial charge in [-0.05, 0) is 61.9 Å². The average molecular weight is 490 g/mol. The summed E-state index contributed by atoms with van der Waals surface area (Å²) in [5.41, 5.74) is 2.55. The van der Waals surface area contributed by atoms with E-state index in [1.165, 1.54) is 0 Å². The normalized spacial score (nSPS) is 24.7. The maximum Gasteiger partial charge on any atom is 0.244 e. The van der Waals surface area contributed by atoms with Crippen LogP contribution in [0.1, 0.15) is 57.2 Å². The second-order valence-electron chi connectivity index (χ2n) is 11.5. The molecular formula is C28H35N5O3. The first kappa shape index (κ1) is 24.4. The second-order valence-corrected chi connectivity index (χ2v) is 11.5.